The van der Waals surface area contributed by atoms with Crippen molar-refractivity contribution < 1.29 is 13.2 Å². The summed E-state index contributed by atoms with van der Waals surface area (Å²) < 4.78 is 36.2. The minimum atomic E-state index is -4.30. The first-order valence-corrected chi connectivity index (χ1v) is 3.53. The van der Waals surface area contributed by atoms with Crippen LogP contribution in [0.3, 0.4) is 0 Å². The fraction of sp³-hybridized carbons (Fsp3) is 0.111. The molecule has 1 aromatic carbocycles. The molecule has 0 spiro atoms. The van der Waals surface area contributed by atoms with E-state index >= 15 is 0 Å². The van der Waals surface area contributed by atoms with Gasteiger partial charge < -0.3 is 5.73 Å². The van der Waals surface area contributed by atoms with Gasteiger partial charge in [-0.25, -0.2) is 0 Å². The molecule has 13 heavy (non-hydrogen) atoms. The Kier molecular flexibility index (Phi) is 2.32. The van der Waals surface area contributed by atoms with E-state index in [1.807, 2.05) is 0 Å². The number of hydrogen-bond acceptors (Lipinski definition) is 1. The molecule has 1 aromatic rings. The van der Waals surface area contributed by atoms with Crippen LogP contribution in [0.15, 0.2) is 30.8 Å². The lowest BCUT2D eigenvalue weighted by Crippen LogP contribution is -2.04. The molecule has 0 aromatic heterocycles. The van der Waals surface area contributed by atoms with E-state index in [0.29, 0.717) is 5.56 Å². The van der Waals surface area contributed by atoms with E-state index in [1.165, 1.54) is 12.1 Å². The summed E-state index contributed by atoms with van der Waals surface area (Å²) in [6.45, 7) is 3.41. The van der Waals surface area contributed by atoms with Gasteiger partial charge in [0.15, 0.2) is 0 Å². The Morgan fingerprint density at radius 3 is 1.92 bits per heavy atom. The van der Waals surface area contributed by atoms with Crippen molar-refractivity contribution in [2.24, 2.45) is 5.73 Å². The summed E-state index contributed by atoms with van der Waals surface area (Å²) in [4.78, 5) is 0. The summed E-state index contributed by atoms with van der Waals surface area (Å²) in [5.41, 5.74) is 5.38. The Labute approximate surface area is 73.7 Å². The molecule has 0 atom stereocenters. The molecule has 1 rings (SSSR count). The van der Waals surface area contributed by atoms with E-state index in [9.17, 15) is 13.2 Å². The van der Waals surface area contributed by atoms with Crippen LogP contribution in [0.1, 0.15) is 11.1 Å². The number of rotatable bonds is 1. The van der Waals surface area contributed by atoms with Crippen LogP contribution >= 0.6 is 0 Å². The van der Waals surface area contributed by atoms with Crippen molar-refractivity contribution in [2.45, 2.75) is 6.18 Å². The van der Waals surface area contributed by atoms with Crippen molar-refractivity contribution in [1.82, 2.24) is 0 Å². The molecule has 0 bridgehead atoms. The number of alkyl halides is 3. The van der Waals surface area contributed by atoms with Gasteiger partial charge >= 0.3 is 6.18 Å². The van der Waals surface area contributed by atoms with Crippen molar-refractivity contribution in [3.8, 4) is 0 Å². The van der Waals surface area contributed by atoms with Gasteiger partial charge in [0, 0.05) is 5.70 Å². The van der Waals surface area contributed by atoms with E-state index < -0.39 is 11.7 Å². The third-order valence-corrected chi connectivity index (χ3v) is 1.58. The molecule has 0 radical (unpaired) electrons. The summed E-state index contributed by atoms with van der Waals surface area (Å²) in [5.74, 6) is 0. The average molecular weight is 187 g/mol. The van der Waals surface area contributed by atoms with E-state index in [0.717, 1.165) is 12.1 Å². The summed E-state index contributed by atoms with van der Waals surface area (Å²) in [5, 5.41) is 0. The Morgan fingerprint density at radius 1 is 1.15 bits per heavy atom. The highest BCUT2D eigenvalue weighted by Crippen LogP contribution is 2.29. The first-order chi connectivity index (χ1) is 5.91. The third kappa shape index (κ3) is 2.24. The highest BCUT2D eigenvalue weighted by molar-refractivity contribution is 5.60. The maximum atomic E-state index is 12.1. The van der Waals surface area contributed by atoms with Gasteiger partial charge in [0.05, 0.1) is 5.56 Å². The van der Waals surface area contributed by atoms with Crippen LogP contribution in [0.2, 0.25) is 0 Å². The molecule has 70 valence electrons. The smallest absolute Gasteiger partial charge is 0.399 e. The van der Waals surface area contributed by atoms with Crippen LogP contribution in [-0.2, 0) is 6.18 Å². The fourth-order valence-electron chi connectivity index (χ4n) is 0.873. The monoisotopic (exact) mass is 187 g/mol. The molecule has 0 aliphatic carbocycles. The highest BCUT2D eigenvalue weighted by Gasteiger charge is 2.29. The van der Waals surface area contributed by atoms with Crippen molar-refractivity contribution in [1.29, 1.82) is 0 Å². The molecule has 0 unspecified atom stereocenters. The minimum absolute atomic E-state index is 0.258. The lowest BCUT2D eigenvalue weighted by Gasteiger charge is -2.06. The molecule has 0 heterocycles. The zero-order valence-electron chi connectivity index (χ0n) is 6.73. The molecule has 0 aliphatic rings. The van der Waals surface area contributed by atoms with Crippen LogP contribution in [0, 0.1) is 0 Å². The van der Waals surface area contributed by atoms with Gasteiger partial charge in [0.25, 0.3) is 0 Å². The van der Waals surface area contributed by atoms with E-state index in [2.05, 4.69) is 6.58 Å². The maximum Gasteiger partial charge on any atom is 0.416 e. The normalized spacial score (nSPS) is 11.3. The van der Waals surface area contributed by atoms with E-state index in [-0.39, 0.29) is 5.70 Å². The summed E-state index contributed by atoms with van der Waals surface area (Å²) >= 11 is 0. The second kappa shape index (κ2) is 3.12. The van der Waals surface area contributed by atoms with Crippen LogP contribution in [0.25, 0.3) is 5.70 Å². The first-order valence-electron chi connectivity index (χ1n) is 3.53. The number of hydrogen-bond donors (Lipinski definition) is 1. The quantitative estimate of drug-likeness (QED) is 0.718. The predicted octanol–water partition coefficient (Wildman–Crippen LogP) is 2.63. The van der Waals surface area contributed by atoms with Gasteiger partial charge in [-0.05, 0) is 17.7 Å². The van der Waals surface area contributed by atoms with Gasteiger partial charge in [-0.2, -0.15) is 13.2 Å². The van der Waals surface area contributed by atoms with Crippen molar-refractivity contribution in [3.05, 3.63) is 42.0 Å². The summed E-state index contributed by atoms with van der Waals surface area (Å²) in [6.07, 6.45) is -4.30. The molecule has 2 N–H and O–H groups in total. The Hall–Kier alpha value is -1.45. The van der Waals surface area contributed by atoms with Gasteiger partial charge in [-0.3, -0.25) is 0 Å². The van der Waals surface area contributed by atoms with E-state index in [4.69, 9.17) is 5.73 Å². The van der Waals surface area contributed by atoms with Crippen molar-refractivity contribution in [3.63, 3.8) is 0 Å². The standard InChI is InChI=1S/C9H8F3N/c1-6(13)7-2-4-8(5-3-7)9(10,11)12/h2-5H,1,13H2. The topological polar surface area (TPSA) is 26.0 Å². The molecule has 1 nitrogen and oxygen atoms in total. The molecular formula is C9H8F3N. The van der Waals surface area contributed by atoms with Gasteiger partial charge in [-0.1, -0.05) is 18.7 Å². The number of benzene rings is 1. The molecule has 0 aliphatic heterocycles. The zero-order valence-corrected chi connectivity index (χ0v) is 6.73. The molecule has 0 amide bonds. The average Bonchev–Trinajstić information content (AvgIpc) is 2.03. The van der Waals surface area contributed by atoms with Crippen LogP contribution in [0.4, 0.5) is 13.2 Å². The highest BCUT2D eigenvalue weighted by atomic mass is 19.4. The molecule has 4 heteroatoms. The van der Waals surface area contributed by atoms with Crippen LogP contribution in [-0.4, -0.2) is 0 Å². The molecule has 0 saturated carbocycles. The maximum absolute atomic E-state index is 12.1. The minimum Gasteiger partial charge on any atom is -0.399 e. The Bertz CT molecular complexity index is 311. The number of nitrogens with two attached hydrogens (primary N) is 1. The van der Waals surface area contributed by atoms with Crippen LogP contribution in [0.5, 0.6) is 0 Å². The Morgan fingerprint density at radius 2 is 1.62 bits per heavy atom. The zero-order chi connectivity index (χ0) is 10.1. The predicted molar refractivity (Wildman–Crippen MR) is 44.7 cm³/mol. The molecule has 0 saturated heterocycles. The lowest BCUT2D eigenvalue weighted by molar-refractivity contribution is -0.137. The Balaban J connectivity index is 3.01. The van der Waals surface area contributed by atoms with E-state index in [1.54, 1.807) is 0 Å². The van der Waals surface area contributed by atoms with Gasteiger partial charge in [0.2, 0.25) is 0 Å². The SMILES string of the molecule is C=C(N)c1ccc(C(F)(F)F)cc1. The largest absolute Gasteiger partial charge is 0.416 e. The molecular weight excluding hydrogens is 179 g/mol. The number of halogens is 3. The second-order valence-corrected chi connectivity index (χ2v) is 2.60. The first kappa shape index (κ1) is 9.64. The summed E-state index contributed by atoms with van der Waals surface area (Å²) in [6, 6.07) is 4.55. The lowest BCUT2D eigenvalue weighted by atomic mass is 10.1. The second-order valence-electron chi connectivity index (χ2n) is 2.60. The van der Waals surface area contributed by atoms with Gasteiger partial charge in [0.1, 0.15) is 0 Å². The summed E-state index contributed by atoms with van der Waals surface area (Å²) in [7, 11) is 0. The molecule has 0 fully saturated rings. The van der Waals surface area contributed by atoms with Gasteiger partial charge in [-0.15, -0.1) is 0 Å². The fourth-order valence-corrected chi connectivity index (χ4v) is 0.873. The van der Waals surface area contributed by atoms with Crippen LogP contribution < -0.4 is 5.73 Å². The third-order valence-electron chi connectivity index (χ3n) is 1.58. The van der Waals surface area contributed by atoms with Crippen molar-refractivity contribution >= 4 is 5.70 Å². The van der Waals surface area contributed by atoms with Crippen molar-refractivity contribution in [2.75, 3.05) is 0 Å².